The number of hydrogen-bond donors (Lipinski definition) is 1. The number of ether oxygens (including phenoxy) is 1. The summed E-state index contributed by atoms with van der Waals surface area (Å²) in [6.07, 6.45) is 2.02. The van der Waals surface area contributed by atoms with Crippen LogP contribution < -0.4 is 14.4 Å². The van der Waals surface area contributed by atoms with Crippen LogP contribution >= 0.6 is 0 Å². The smallest absolute Gasteiger partial charge is 0.243 e. The Morgan fingerprint density at radius 2 is 1.71 bits per heavy atom. The molecule has 210 valence electrons. The van der Waals surface area contributed by atoms with E-state index < -0.39 is 21.6 Å². The van der Waals surface area contributed by atoms with Crippen LogP contribution in [-0.2, 0) is 26.2 Å². The minimum absolute atomic E-state index is 0.105. The van der Waals surface area contributed by atoms with Gasteiger partial charge >= 0.3 is 0 Å². The summed E-state index contributed by atoms with van der Waals surface area (Å²) >= 11 is 0. The third-order valence-corrected chi connectivity index (χ3v) is 7.10. The van der Waals surface area contributed by atoms with Gasteiger partial charge in [0.1, 0.15) is 11.8 Å². The van der Waals surface area contributed by atoms with Gasteiger partial charge in [-0.15, -0.1) is 0 Å². The van der Waals surface area contributed by atoms with Crippen LogP contribution in [-0.4, -0.2) is 56.1 Å². The van der Waals surface area contributed by atoms with E-state index in [4.69, 9.17) is 4.74 Å². The number of carbonyl (C=O) groups is 2. The quantitative estimate of drug-likeness (QED) is 0.395. The molecule has 0 spiro atoms. The zero-order chi connectivity index (χ0) is 28.5. The van der Waals surface area contributed by atoms with Crippen LogP contribution in [0.4, 0.5) is 5.69 Å². The molecule has 0 aliphatic rings. The molecule has 8 nitrogen and oxygen atoms in total. The molecule has 2 amide bonds. The van der Waals surface area contributed by atoms with Gasteiger partial charge in [0.05, 0.1) is 18.6 Å². The number of carbonyl (C=O) groups excluding carboxylic acids is 2. The summed E-state index contributed by atoms with van der Waals surface area (Å²) in [4.78, 5) is 28.3. The standard InChI is InChI=1S/C29H43N3O5S/c1-8-26(28(34)30-29(4,5)6)31(21-23-13-10-12-22(3)20-23)27(33)14-11-19-32(38(7,35)36)24-15-17-25(18-16-24)37-9-2/h10,12-13,15-18,20,26H,8-9,11,14,19,21H2,1-7H3,(H,30,34)/t26-/m0/s1. The molecule has 0 saturated heterocycles. The van der Waals surface area contributed by atoms with Crippen molar-refractivity contribution in [3.8, 4) is 5.75 Å². The van der Waals surface area contributed by atoms with E-state index in [0.717, 1.165) is 17.4 Å². The molecule has 0 aromatic heterocycles. The van der Waals surface area contributed by atoms with E-state index >= 15 is 0 Å². The highest BCUT2D eigenvalue weighted by molar-refractivity contribution is 7.92. The van der Waals surface area contributed by atoms with Crippen molar-refractivity contribution in [3.05, 3.63) is 59.7 Å². The summed E-state index contributed by atoms with van der Waals surface area (Å²) in [5.41, 5.74) is 2.08. The van der Waals surface area contributed by atoms with E-state index in [9.17, 15) is 18.0 Å². The summed E-state index contributed by atoms with van der Waals surface area (Å²) in [7, 11) is -3.57. The van der Waals surface area contributed by atoms with Crippen molar-refractivity contribution in [2.24, 2.45) is 0 Å². The zero-order valence-electron chi connectivity index (χ0n) is 23.8. The molecular weight excluding hydrogens is 502 g/mol. The van der Waals surface area contributed by atoms with Crippen molar-refractivity contribution in [1.82, 2.24) is 10.2 Å². The normalized spacial score (nSPS) is 12.5. The Morgan fingerprint density at radius 1 is 1.05 bits per heavy atom. The van der Waals surface area contributed by atoms with E-state index in [1.54, 1.807) is 29.2 Å². The Kier molecular flexibility index (Phi) is 11.2. The number of anilines is 1. The lowest BCUT2D eigenvalue weighted by molar-refractivity contribution is -0.142. The molecule has 1 atom stereocenters. The highest BCUT2D eigenvalue weighted by Crippen LogP contribution is 2.23. The second-order valence-electron chi connectivity index (χ2n) is 10.5. The van der Waals surface area contributed by atoms with Gasteiger partial charge < -0.3 is 15.0 Å². The predicted molar refractivity (Wildman–Crippen MR) is 153 cm³/mol. The average Bonchev–Trinajstić information content (AvgIpc) is 2.80. The largest absolute Gasteiger partial charge is 0.494 e. The van der Waals surface area contributed by atoms with E-state index in [1.807, 2.05) is 65.8 Å². The number of rotatable bonds is 13. The van der Waals surface area contributed by atoms with Gasteiger partial charge in [0.25, 0.3) is 0 Å². The highest BCUT2D eigenvalue weighted by atomic mass is 32.2. The number of benzene rings is 2. The summed E-state index contributed by atoms with van der Waals surface area (Å²) in [6.45, 7) is 12.4. The second-order valence-corrected chi connectivity index (χ2v) is 12.4. The van der Waals surface area contributed by atoms with Crippen molar-refractivity contribution in [2.75, 3.05) is 23.7 Å². The van der Waals surface area contributed by atoms with Gasteiger partial charge in [-0.25, -0.2) is 8.42 Å². The molecule has 2 aromatic rings. The zero-order valence-corrected chi connectivity index (χ0v) is 24.6. The molecule has 1 N–H and O–H groups in total. The third kappa shape index (κ3) is 9.67. The summed E-state index contributed by atoms with van der Waals surface area (Å²) in [5, 5.41) is 3.00. The van der Waals surface area contributed by atoms with Crippen molar-refractivity contribution in [2.45, 2.75) is 78.9 Å². The van der Waals surface area contributed by atoms with Gasteiger partial charge in [0, 0.05) is 25.0 Å². The van der Waals surface area contributed by atoms with Gasteiger partial charge in [-0.1, -0.05) is 36.8 Å². The van der Waals surface area contributed by atoms with Crippen molar-refractivity contribution in [3.63, 3.8) is 0 Å². The fourth-order valence-corrected chi connectivity index (χ4v) is 5.22. The molecular formula is C29H43N3O5S. The molecule has 2 aromatic carbocycles. The number of hydrogen-bond acceptors (Lipinski definition) is 5. The Hall–Kier alpha value is -3.07. The fourth-order valence-electron chi connectivity index (χ4n) is 4.26. The number of sulfonamides is 1. The van der Waals surface area contributed by atoms with Gasteiger partial charge in [-0.3, -0.25) is 13.9 Å². The first-order chi connectivity index (χ1) is 17.7. The molecule has 2 rings (SSSR count). The molecule has 0 radical (unpaired) electrons. The molecule has 0 fully saturated rings. The molecule has 0 aliphatic heterocycles. The van der Waals surface area contributed by atoms with Crippen LogP contribution in [0.1, 0.15) is 65.0 Å². The number of amides is 2. The lowest BCUT2D eigenvalue weighted by Gasteiger charge is -2.33. The van der Waals surface area contributed by atoms with Gasteiger partial charge in [0.15, 0.2) is 0 Å². The Morgan fingerprint density at radius 3 is 2.24 bits per heavy atom. The van der Waals surface area contributed by atoms with Crippen molar-refractivity contribution < 1.29 is 22.7 Å². The third-order valence-electron chi connectivity index (χ3n) is 5.91. The highest BCUT2D eigenvalue weighted by Gasteiger charge is 2.30. The molecule has 0 saturated carbocycles. The van der Waals surface area contributed by atoms with E-state index in [0.29, 0.717) is 37.4 Å². The Labute approximate surface area is 228 Å². The molecule has 0 aliphatic carbocycles. The average molecular weight is 546 g/mol. The molecule has 0 bridgehead atoms. The van der Waals surface area contributed by atoms with Gasteiger partial charge in [0.2, 0.25) is 21.8 Å². The van der Waals surface area contributed by atoms with Crippen LogP contribution in [0.3, 0.4) is 0 Å². The maximum Gasteiger partial charge on any atom is 0.243 e. The molecule has 0 unspecified atom stereocenters. The van der Waals surface area contributed by atoms with Crippen molar-refractivity contribution in [1.29, 1.82) is 0 Å². The first kappa shape index (κ1) is 31.1. The lowest BCUT2D eigenvalue weighted by Crippen LogP contribution is -2.53. The topological polar surface area (TPSA) is 96.0 Å². The van der Waals surface area contributed by atoms with E-state index in [2.05, 4.69) is 5.32 Å². The fraction of sp³-hybridized carbons (Fsp3) is 0.517. The molecule has 9 heteroatoms. The minimum atomic E-state index is -3.57. The summed E-state index contributed by atoms with van der Waals surface area (Å²) < 4.78 is 31.8. The summed E-state index contributed by atoms with van der Waals surface area (Å²) in [5.74, 6) is 0.265. The first-order valence-corrected chi connectivity index (χ1v) is 15.0. The molecule has 0 heterocycles. The van der Waals surface area contributed by atoms with Crippen LogP contribution in [0.25, 0.3) is 0 Å². The van der Waals surface area contributed by atoms with Gasteiger partial charge in [-0.05, 0) is 77.3 Å². The summed E-state index contributed by atoms with van der Waals surface area (Å²) in [6, 6.07) is 14.1. The molecule has 38 heavy (non-hydrogen) atoms. The van der Waals surface area contributed by atoms with Crippen LogP contribution in [0.15, 0.2) is 48.5 Å². The Bertz CT molecular complexity index is 1170. The minimum Gasteiger partial charge on any atom is -0.494 e. The maximum atomic E-state index is 13.5. The first-order valence-electron chi connectivity index (χ1n) is 13.1. The SMILES string of the molecule is CCOc1ccc(N(CCCC(=O)N(Cc2cccc(C)c2)[C@@H](CC)C(=O)NC(C)(C)C)S(C)(=O)=O)cc1. The van der Waals surface area contributed by atoms with Gasteiger partial charge in [-0.2, -0.15) is 0 Å². The number of nitrogens with one attached hydrogen (secondary N) is 1. The van der Waals surface area contributed by atoms with E-state index in [-0.39, 0.29) is 24.8 Å². The monoisotopic (exact) mass is 545 g/mol. The maximum absolute atomic E-state index is 13.5. The predicted octanol–water partition coefficient (Wildman–Crippen LogP) is 4.66. The van der Waals surface area contributed by atoms with Crippen LogP contribution in [0.2, 0.25) is 0 Å². The number of aryl methyl sites for hydroxylation is 1. The van der Waals surface area contributed by atoms with Crippen LogP contribution in [0, 0.1) is 6.92 Å². The Balaban J connectivity index is 2.22. The van der Waals surface area contributed by atoms with Crippen molar-refractivity contribution >= 4 is 27.5 Å². The number of nitrogens with zero attached hydrogens (tertiary/aromatic N) is 2. The van der Waals surface area contributed by atoms with E-state index in [1.165, 1.54) is 4.31 Å². The second kappa shape index (κ2) is 13.6. The lowest BCUT2D eigenvalue weighted by atomic mass is 10.0. The van der Waals surface area contributed by atoms with Crippen LogP contribution in [0.5, 0.6) is 5.75 Å².